The number of nitrogens with zero attached hydrogens (tertiary/aromatic N) is 1. The molecule has 148 valence electrons. The Kier molecular flexibility index (Phi) is 6.04. The van der Waals surface area contributed by atoms with Gasteiger partial charge in [-0.05, 0) is 60.1 Å². The third-order valence-corrected chi connectivity index (χ3v) is 6.20. The number of para-hydroxylation sites is 1. The molecule has 4 rings (SSSR count). The van der Waals surface area contributed by atoms with Crippen LogP contribution in [0.2, 0.25) is 5.02 Å². The first-order valence-electron chi connectivity index (χ1n) is 9.37. The van der Waals surface area contributed by atoms with Gasteiger partial charge in [-0.25, -0.2) is 0 Å². The average Bonchev–Trinajstić information content (AvgIpc) is 3.22. The lowest BCUT2D eigenvalue weighted by molar-refractivity contribution is 0.0979. The number of carbonyl (C=O) groups excluding carboxylic acids is 1. The van der Waals surface area contributed by atoms with Crippen molar-refractivity contribution < 1.29 is 4.79 Å². The van der Waals surface area contributed by atoms with Crippen molar-refractivity contribution in [3.8, 4) is 0 Å². The fourth-order valence-corrected chi connectivity index (χ4v) is 4.67. The van der Waals surface area contributed by atoms with Gasteiger partial charge in [0.05, 0.1) is 16.4 Å². The number of hydrogen-bond acceptors (Lipinski definition) is 3. The molecule has 1 heterocycles. The van der Waals surface area contributed by atoms with Gasteiger partial charge in [0.25, 0.3) is 5.91 Å². The molecule has 0 aromatic heterocycles. The van der Waals surface area contributed by atoms with E-state index in [4.69, 9.17) is 23.8 Å². The molecule has 1 amide bonds. The molecule has 0 bridgehead atoms. The van der Waals surface area contributed by atoms with Gasteiger partial charge in [-0.15, -0.1) is 0 Å². The van der Waals surface area contributed by atoms with E-state index >= 15 is 0 Å². The van der Waals surface area contributed by atoms with Gasteiger partial charge < -0.3 is 10.2 Å². The quantitative estimate of drug-likeness (QED) is 0.445. The highest BCUT2D eigenvalue weighted by Gasteiger charge is 2.20. The number of amides is 1. The van der Waals surface area contributed by atoms with E-state index in [0.717, 1.165) is 52.6 Å². The summed E-state index contributed by atoms with van der Waals surface area (Å²) in [6, 6.07) is 17.1. The van der Waals surface area contributed by atoms with Crippen molar-refractivity contribution in [3.63, 3.8) is 0 Å². The summed E-state index contributed by atoms with van der Waals surface area (Å²) in [4.78, 5) is 15.1. The average molecular weight is 489 g/mol. The number of halogens is 2. The Morgan fingerprint density at radius 1 is 1.00 bits per heavy atom. The molecule has 0 aliphatic carbocycles. The van der Waals surface area contributed by atoms with Crippen LogP contribution in [0.1, 0.15) is 23.2 Å². The van der Waals surface area contributed by atoms with E-state index in [9.17, 15) is 4.79 Å². The smallest absolute Gasteiger partial charge is 0.258 e. The Hall–Kier alpha value is -2.15. The van der Waals surface area contributed by atoms with Crippen LogP contribution >= 0.6 is 39.7 Å². The number of thiocarbonyl (C=S) groups is 1. The molecule has 0 atom stereocenters. The zero-order chi connectivity index (χ0) is 20.4. The van der Waals surface area contributed by atoms with Gasteiger partial charge in [0, 0.05) is 23.1 Å². The summed E-state index contributed by atoms with van der Waals surface area (Å²) in [6.07, 6.45) is 2.28. The minimum Gasteiger partial charge on any atom is -0.369 e. The second-order valence-corrected chi connectivity index (χ2v) is 8.55. The molecule has 1 aliphatic heterocycles. The Balaban J connectivity index is 1.55. The van der Waals surface area contributed by atoms with Crippen LogP contribution in [0.25, 0.3) is 10.8 Å². The van der Waals surface area contributed by atoms with Crippen LogP contribution in [0.4, 0.5) is 11.4 Å². The minimum atomic E-state index is -0.254. The summed E-state index contributed by atoms with van der Waals surface area (Å²) in [5, 5.41) is 8.70. The Labute approximate surface area is 188 Å². The molecule has 3 aromatic rings. The van der Waals surface area contributed by atoms with Crippen molar-refractivity contribution in [2.75, 3.05) is 23.3 Å². The van der Waals surface area contributed by atoms with Gasteiger partial charge >= 0.3 is 0 Å². The van der Waals surface area contributed by atoms with Gasteiger partial charge in [0.15, 0.2) is 5.11 Å². The number of benzene rings is 3. The maximum absolute atomic E-state index is 12.9. The SMILES string of the molecule is O=C(NC(=S)Nc1cccc(Cl)c1N1CCCC1)c1cccc2c(Br)cccc12. The summed E-state index contributed by atoms with van der Waals surface area (Å²) in [7, 11) is 0. The largest absolute Gasteiger partial charge is 0.369 e. The van der Waals surface area contributed by atoms with Crippen LogP contribution in [-0.4, -0.2) is 24.1 Å². The van der Waals surface area contributed by atoms with Gasteiger partial charge in [-0.1, -0.05) is 57.9 Å². The molecule has 1 aliphatic rings. The lowest BCUT2D eigenvalue weighted by atomic mass is 10.0. The highest BCUT2D eigenvalue weighted by atomic mass is 79.9. The summed E-state index contributed by atoms with van der Waals surface area (Å²) in [6.45, 7) is 1.92. The maximum atomic E-state index is 12.9. The van der Waals surface area contributed by atoms with Crippen LogP contribution in [0.15, 0.2) is 59.1 Å². The maximum Gasteiger partial charge on any atom is 0.258 e. The van der Waals surface area contributed by atoms with Crippen LogP contribution in [0.5, 0.6) is 0 Å². The molecule has 29 heavy (non-hydrogen) atoms. The zero-order valence-electron chi connectivity index (χ0n) is 15.5. The van der Waals surface area contributed by atoms with Crippen molar-refractivity contribution in [2.45, 2.75) is 12.8 Å². The highest BCUT2D eigenvalue weighted by Crippen LogP contribution is 2.36. The molecule has 2 N–H and O–H groups in total. The fourth-order valence-electron chi connectivity index (χ4n) is 3.67. The van der Waals surface area contributed by atoms with E-state index in [1.165, 1.54) is 0 Å². The molecule has 0 unspecified atom stereocenters. The number of hydrogen-bond donors (Lipinski definition) is 2. The van der Waals surface area contributed by atoms with Crippen LogP contribution in [-0.2, 0) is 0 Å². The number of fused-ring (bicyclic) bond motifs is 1. The topological polar surface area (TPSA) is 44.4 Å². The normalized spacial score (nSPS) is 13.5. The molecule has 7 heteroatoms. The molecule has 4 nitrogen and oxygen atoms in total. The molecule has 0 radical (unpaired) electrons. The van der Waals surface area contributed by atoms with Crippen LogP contribution < -0.4 is 15.5 Å². The van der Waals surface area contributed by atoms with Crippen molar-refractivity contribution in [1.82, 2.24) is 5.32 Å². The molecule has 0 saturated carbocycles. The summed E-state index contributed by atoms with van der Waals surface area (Å²) in [5.41, 5.74) is 2.29. The minimum absolute atomic E-state index is 0.240. The Morgan fingerprint density at radius 2 is 1.69 bits per heavy atom. The first kappa shape index (κ1) is 20.1. The van der Waals surface area contributed by atoms with Crippen molar-refractivity contribution >= 4 is 72.9 Å². The lowest BCUT2D eigenvalue weighted by Crippen LogP contribution is -2.34. The zero-order valence-corrected chi connectivity index (χ0v) is 18.7. The number of nitrogens with one attached hydrogen (secondary N) is 2. The molecule has 3 aromatic carbocycles. The third kappa shape index (κ3) is 4.25. The van der Waals surface area contributed by atoms with Gasteiger partial charge in [0.2, 0.25) is 0 Å². The predicted molar refractivity (Wildman–Crippen MR) is 128 cm³/mol. The second-order valence-electron chi connectivity index (χ2n) is 6.88. The molecule has 0 spiro atoms. The van der Waals surface area contributed by atoms with E-state index in [0.29, 0.717) is 10.6 Å². The number of carbonyl (C=O) groups is 1. The lowest BCUT2D eigenvalue weighted by Gasteiger charge is -2.23. The molecule has 1 fully saturated rings. The first-order chi connectivity index (χ1) is 14.0. The fraction of sp³-hybridized carbons (Fsp3) is 0.182. The monoisotopic (exact) mass is 487 g/mol. The van der Waals surface area contributed by atoms with E-state index in [1.54, 1.807) is 6.07 Å². The molecular weight excluding hydrogens is 470 g/mol. The van der Waals surface area contributed by atoms with Crippen molar-refractivity contribution in [1.29, 1.82) is 0 Å². The number of rotatable bonds is 3. The van der Waals surface area contributed by atoms with Gasteiger partial charge in [-0.3, -0.25) is 10.1 Å². The van der Waals surface area contributed by atoms with Crippen LogP contribution in [0, 0.1) is 0 Å². The van der Waals surface area contributed by atoms with Crippen LogP contribution in [0.3, 0.4) is 0 Å². The standard InChI is InChI=1S/C22H19BrClN3OS/c23-17-9-4-6-14-15(17)7-3-8-16(14)21(28)26-22(29)25-19-11-5-10-18(24)20(19)27-12-1-2-13-27/h3-11H,1-2,12-13H2,(H2,25,26,28,29). The van der Waals surface area contributed by atoms with E-state index < -0.39 is 0 Å². The van der Waals surface area contributed by atoms with Gasteiger partial charge in [0.1, 0.15) is 0 Å². The summed E-state index contributed by atoms with van der Waals surface area (Å²) >= 11 is 15.4. The van der Waals surface area contributed by atoms with Crippen molar-refractivity contribution in [2.24, 2.45) is 0 Å². The Bertz CT molecular complexity index is 1100. The Morgan fingerprint density at radius 3 is 2.48 bits per heavy atom. The van der Waals surface area contributed by atoms with E-state index in [-0.39, 0.29) is 11.0 Å². The molecular formula is C22H19BrClN3OS. The predicted octanol–water partition coefficient (Wildman–Crippen LogP) is 5.98. The highest BCUT2D eigenvalue weighted by molar-refractivity contribution is 9.10. The second kappa shape index (κ2) is 8.69. The van der Waals surface area contributed by atoms with Gasteiger partial charge in [-0.2, -0.15) is 0 Å². The summed E-state index contributed by atoms with van der Waals surface area (Å²) < 4.78 is 0.944. The number of anilines is 2. The van der Waals surface area contributed by atoms with Crippen molar-refractivity contribution in [3.05, 3.63) is 69.7 Å². The third-order valence-electron chi connectivity index (χ3n) is 5.00. The van der Waals surface area contributed by atoms with E-state index in [1.807, 2.05) is 48.5 Å². The first-order valence-corrected chi connectivity index (χ1v) is 11.0. The molecule has 1 saturated heterocycles. The summed E-state index contributed by atoms with van der Waals surface area (Å²) in [5.74, 6) is -0.254. The van der Waals surface area contributed by atoms with E-state index in [2.05, 4.69) is 31.5 Å².